The number of carbonyl (C=O) groups is 2. The largest absolute Gasteiger partial charge is 0.508 e. The highest BCUT2D eigenvalue weighted by Crippen LogP contribution is 2.45. The molecular weight excluding hydrogens is 1070 g/mol. The Bertz CT molecular complexity index is 3710. The number of carbonyl (C=O) groups excluding carboxylic acids is 2. The van der Waals surface area contributed by atoms with Gasteiger partial charge in [0.1, 0.15) is 70.7 Å². The van der Waals surface area contributed by atoms with Crippen LogP contribution in [0.3, 0.4) is 0 Å². The van der Waals surface area contributed by atoms with Gasteiger partial charge in [-0.15, -0.1) is 5.10 Å². The van der Waals surface area contributed by atoms with Crippen LogP contribution in [0.25, 0.3) is 55.3 Å². The number of aliphatic hydroxyl groups is 2. The molecule has 8 aromatic rings. The fraction of sp³-hybridized carbons (Fsp3) is 0.371. The number of amides is 2. The predicted molar refractivity (Wildman–Crippen MR) is 303 cm³/mol. The minimum Gasteiger partial charge on any atom is -0.508 e. The standard InChI is InChI=1S/C62H63F3N10O8/c1-4-44-47(63)17-16-38-22-41(77)24-45(53(38)44)55-58(56-46(27-67-55)59(73-28-39-23-40(73)26-66-39)70-62(69-56)83-43-18-20-81-21-19-43)82-32-34-8-10-35(11-9-34)50-30-75(72-71-50)57(33(2)3)61(80)74-29-42(78)25-52(74)60(79)68-51(31-76)36-12-14-37(15-13-36)54-48(64)6-5-7-49(54)65/h5-17,22,24,27,30,33,39-40,42-43,51-52,57,66,76-78H,4,18-21,23,25-26,28-29,31-32H2,1-3H3,(H,68,79)/t39-,40-,42+,51-,52-,57-/m0/s1. The Morgan fingerprint density at radius 1 is 0.916 bits per heavy atom. The number of ether oxygens (including phenoxy) is 3. The summed E-state index contributed by atoms with van der Waals surface area (Å²) in [4.78, 5) is 47.4. The van der Waals surface area contributed by atoms with Crippen molar-refractivity contribution >= 4 is 39.3 Å². The number of phenols is 1. The molecule has 430 valence electrons. The summed E-state index contributed by atoms with van der Waals surface area (Å²) in [5, 5.41) is 49.6. The number of nitrogens with one attached hydrogen (secondary N) is 2. The fourth-order valence-corrected chi connectivity index (χ4v) is 12.2. The quantitative estimate of drug-likeness (QED) is 0.0581. The van der Waals surface area contributed by atoms with E-state index in [0.717, 1.165) is 37.2 Å². The van der Waals surface area contributed by atoms with E-state index in [1.54, 1.807) is 42.7 Å². The molecule has 4 saturated heterocycles. The highest BCUT2D eigenvalue weighted by atomic mass is 19.1. The number of aromatic nitrogens is 6. The van der Waals surface area contributed by atoms with E-state index in [-0.39, 0.29) is 66.3 Å². The molecule has 0 radical (unpaired) electrons. The molecule has 6 atom stereocenters. The zero-order chi connectivity index (χ0) is 57.6. The number of fused-ring (bicyclic) bond motifs is 4. The lowest BCUT2D eigenvalue weighted by molar-refractivity contribution is -0.142. The Hall–Kier alpha value is -8.24. The third-order valence-corrected chi connectivity index (χ3v) is 16.4. The van der Waals surface area contributed by atoms with Gasteiger partial charge in [0, 0.05) is 68.3 Å². The lowest BCUT2D eigenvalue weighted by atomic mass is 9.94. The van der Waals surface area contributed by atoms with Crippen molar-refractivity contribution in [1.29, 1.82) is 0 Å². The van der Waals surface area contributed by atoms with Crippen molar-refractivity contribution in [3.05, 3.63) is 138 Å². The molecule has 0 spiro atoms. The van der Waals surface area contributed by atoms with E-state index in [2.05, 4.69) is 25.8 Å². The second-order valence-electron chi connectivity index (χ2n) is 22.2. The van der Waals surface area contributed by atoms with Crippen LogP contribution in [0.4, 0.5) is 19.0 Å². The lowest BCUT2D eigenvalue weighted by Gasteiger charge is -2.30. The first kappa shape index (κ1) is 55.3. The van der Waals surface area contributed by atoms with Crippen molar-refractivity contribution < 1.29 is 52.3 Å². The topological polar surface area (TPSA) is 222 Å². The van der Waals surface area contributed by atoms with Gasteiger partial charge in [-0.3, -0.25) is 14.6 Å². The number of hydrogen-bond donors (Lipinski definition) is 5. The number of nitrogens with zero attached hydrogens (tertiary/aromatic N) is 8. The average Bonchev–Trinajstić information content (AvgIpc) is 4.50. The number of hydrogen-bond acceptors (Lipinski definition) is 15. The fourth-order valence-electron chi connectivity index (χ4n) is 12.2. The van der Waals surface area contributed by atoms with Crippen LogP contribution in [0.1, 0.15) is 75.2 Å². The van der Waals surface area contributed by atoms with E-state index in [1.807, 2.05) is 45.0 Å². The van der Waals surface area contributed by atoms with Crippen molar-refractivity contribution in [2.75, 3.05) is 44.4 Å². The first-order valence-electron chi connectivity index (χ1n) is 28.2. The first-order valence-corrected chi connectivity index (χ1v) is 28.2. The highest BCUT2D eigenvalue weighted by Gasteiger charge is 2.44. The Labute approximate surface area is 476 Å². The van der Waals surface area contributed by atoms with Gasteiger partial charge >= 0.3 is 6.01 Å². The van der Waals surface area contributed by atoms with Crippen molar-refractivity contribution in [3.63, 3.8) is 0 Å². The van der Waals surface area contributed by atoms with E-state index in [9.17, 15) is 33.7 Å². The van der Waals surface area contributed by atoms with Gasteiger partial charge < -0.3 is 50.0 Å². The second kappa shape index (κ2) is 23.2. The smallest absolute Gasteiger partial charge is 0.319 e. The molecule has 18 nitrogen and oxygen atoms in total. The molecule has 4 aliphatic rings. The zero-order valence-corrected chi connectivity index (χ0v) is 46.0. The summed E-state index contributed by atoms with van der Waals surface area (Å²) >= 11 is 0. The molecule has 21 heteroatoms. The van der Waals surface area contributed by atoms with Gasteiger partial charge in [0.25, 0.3) is 0 Å². The maximum Gasteiger partial charge on any atom is 0.319 e. The maximum absolute atomic E-state index is 15.7. The van der Waals surface area contributed by atoms with Gasteiger partial charge in [-0.1, -0.05) is 86.6 Å². The number of phenolic OH excluding ortho intramolecular Hbond substituents is 1. The van der Waals surface area contributed by atoms with Crippen molar-refractivity contribution in [3.8, 4) is 51.2 Å². The summed E-state index contributed by atoms with van der Waals surface area (Å²) in [5.41, 5.74) is 4.17. The number of β-amino-alcohol motifs (C(OH)–C–C–N with tert-alkyl or cyclic N) is 1. The van der Waals surface area contributed by atoms with Crippen LogP contribution in [0.15, 0.2) is 103 Å². The minimum atomic E-state index is -1.09. The van der Waals surface area contributed by atoms with Gasteiger partial charge in [0.15, 0.2) is 5.75 Å². The van der Waals surface area contributed by atoms with Gasteiger partial charge in [-0.2, -0.15) is 9.97 Å². The van der Waals surface area contributed by atoms with Gasteiger partial charge in [0.2, 0.25) is 11.8 Å². The Balaban J connectivity index is 0.812. The Kier molecular flexibility index (Phi) is 15.5. The van der Waals surface area contributed by atoms with Crippen LogP contribution in [-0.2, 0) is 27.4 Å². The summed E-state index contributed by atoms with van der Waals surface area (Å²) in [6, 6.07) is 21.2. The van der Waals surface area contributed by atoms with Crippen LogP contribution in [0.5, 0.6) is 17.5 Å². The summed E-state index contributed by atoms with van der Waals surface area (Å²) in [6.45, 7) is 7.62. The number of aromatic hydroxyl groups is 1. The Morgan fingerprint density at radius 3 is 2.37 bits per heavy atom. The monoisotopic (exact) mass is 1130 g/mol. The summed E-state index contributed by atoms with van der Waals surface area (Å²) in [6.07, 6.45) is 4.86. The minimum absolute atomic E-state index is 0.0298. The predicted octanol–water partition coefficient (Wildman–Crippen LogP) is 8.15. The normalized spacial score (nSPS) is 19.7. The van der Waals surface area contributed by atoms with E-state index in [1.165, 1.54) is 33.8 Å². The van der Waals surface area contributed by atoms with Crippen LogP contribution in [-0.4, -0.2) is 132 Å². The summed E-state index contributed by atoms with van der Waals surface area (Å²) in [7, 11) is 0. The average molecular weight is 1130 g/mol. The molecule has 5 aromatic carbocycles. The molecule has 2 amide bonds. The zero-order valence-electron chi connectivity index (χ0n) is 46.0. The lowest BCUT2D eigenvalue weighted by Crippen LogP contribution is -2.50. The first-order chi connectivity index (χ1) is 40.2. The van der Waals surface area contributed by atoms with E-state index >= 15 is 4.39 Å². The molecule has 0 saturated carbocycles. The molecule has 3 aromatic heterocycles. The van der Waals surface area contributed by atoms with Crippen molar-refractivity contribution in [1.82, 2.24) is 45.5 Å². The number of halogens is 3. The van der Waals surface area contributed by atoms with Crippen LogP contribution in [0, 0.1) is 23.4 Å². The molecule has 4 aliphatic heterocycles. The molecule has 0 unspecified atom stereocenters. The van der Waals surface area contributed by atoms with Gasteiger partial charge in [-0.25, -0.2) is 17.9 Å². The van der Waals surface area contributed by atoms with E-state index < -0.39 is 54.3 Å². The number of pyridine rings is 1. The number of likely N-dealkylation sites (tertiary alicyclic amines) is 1. The van der Waals surface area contributed by atoms with Crippen molar-refractivity contribution in [2.24, 2.45) is 5.92 Å². The number of piperazine rings is 1. The molecule has 7 heterocycles. The third-order valence-electron chi connectivity index (χ3n) is 16.4. The number of aliphatic hydroxyl groups excluding tert-OH is 2. The van der Waals surface area contributed by atoms with Crippen LogP contribution < -0.4 is 25.0 Å². The Morgan fingerprint density at radius 2 is 1.67 bits per heavy atom. The summed E-state index contributed by atoms with van der Waals surface area (Å²) in [5.74, 6) is -2.29. The molecule has 4 fully saturated rings. The van der Waals surface area contributed by atoms with Crippen molar-refractivity contribution in [2.45, 2.75) is 102 Å². The molecule has 12 rings (SSSR count). The van der Waals surface area contributed by atoms with Gasteiger partial charge in [-0.05, 0) is 82.1 Å². The SMILES string of the molecule is CCc1c(F)ccc2cc(O)cc(-c3ncc4c(N5C[C@@H]6C[C@H]5CN6)nc(OC5CCOCC5)nc4c3OCc3ccc(-c4cn([C@H](C(=O)N5C[C@H](O)C[C@H]5C(=O)N[C@@H](CO)c5ccc(-c6c(F)cccc6F)cc5)C(C)C)nn4)cc3)c12. The molecule has 83 heavy (non-hydrogen) atoms. The van der Waals surface area contributed by atoms with Crippen LogP contribution >= 0.6 is 0 Å². The highest BCUT2D eigenvalue weighted by molar-refractivity contribution is 6.04. The number of benzene rings is 5. The molecule has 2 bridgehead atoms. The van der Waals surface area contributed by atoms with Gasteiger partial charge in [0.05, 0.1) is 49.1 Å². The summed E-state index contributed by atoms with van der Waals surface area (Å²) < 4.78 is 65.3. The van der Waals surface area contributed by atoms with E-state index in [4.69, 9.17) is 29.2 Å². The van der Waals surface area contributed by atoms with E-state index in [0.29, 0.717) is 105 Å². The number of anilines is 1. The van der Waals surface area contributed by atoms with Crippen LogP contribution in [0.2, 0.25) is 0 Å². The molecule has 0 aliphatic carbocycles. The number of rotatable bonds is 17. The number of aryl methyl sites for hydroxylation is 1. The molecular formula is C62H63F3N10O8. The second-order valence-corrected chi connectivity index (χ2v) is 22.2. The maximum atomic E-state index is 15.7. The third kappa shape index (κ3) is 10.9. The molecule has 5 N–H and O–H groups in total.